The van der Waals surface area contributed by atoms with Crippen molar-refractivity contribution in [2.75, 3.05) is 5.32 Å². The van der Waals surface area contributed by atoms with E-state index in [1.54, 1.807) is 23.5 Å². The van der Waals surface area contributed by atoms with Crippen LogP contribution < -0.4 is 5.32 Å². The molecule has 186 valence electrons. The second kappa shape index (κ2) is 10.4. The third-order valence-electron chi connectivity index (χ3n) is 6.94. The van der Waals surface area contributed by atoms with Gasteiger partial charge in [0.2, 0.25) is 0 Å². The molecule has 1 aliphatic carbocycles. The molecule has 0 radical (unpaired) electrons. The average Bonchev–Trinajstić information content (AvgIpc) is 3.40. The number of fused-ring (bicyclic) bond motifs is 1. The van der Waals surface area contributed by atoms with Gasteiger partial charge in [-0.25, -0.2) is 0 Å². The van der Waals surface area contributed by atoms with Crippen molar-refractivity contribution < 1.29 is 4.79 Å². The monoisotopic (exact) mass is 525 g/mol. The molecule has 37 heavy (non-hydrogen) atoms. The summed E-state index contributed by atoms with van der Waals surface area (Å²) in [4.78, 5) is 15.0. The molecule has 0 fully saturated rings. The summed E-state index contributed by atoms with van der Waals surface area (Å²) in [5, 5.41) is 14.6. The summed E-state index contributed by atoms with van der Waals surface area (Å²) in [6.07, 6.45) is 6.09. The van der Waals surface area contributed by atoms with Crippen LogP contribution in [-0.2, 0) is 12.8 Å². The van der Waals surface area contributed by atoms with Gasteiger partial charge in [-0.15, -0.1) is 11.3 Å². The van der Waals surface area contributed by atoms with Gasteiger partial charge in [0.05, 0.1) is 17.2 Å². The number of aromatic nitrogens is 1. The topological polar surface area (TPSA) is 57.8 Å². The van der Waals surface area contributed by atoms with Crippen LogP contribution in [0.25, 0.3) is 16.7 Å². The van der Waals surface area contributed by atoms with Gasteiger partial charge >= 0.3 is 0 Å². The molecule has 1 amide bonds. The number of anilines is 1. The number of hydrogen-bond donors (Lipinski definition) is 1. The zero-order valence-electron chi connectivity index (χ0n) is 21.2. The van der Waals surface area contributed by atoms with E-state index in [4.69, 9.17) is 11.6 Å². The molecule has 0 bridgehead atoms. The maximum atomic E-state index is 13.7. The van der Waals surface area contributed by atoms with Gasteiger partial charge in [0, 0.05) is 27.0 Å². The van der Waals surface area contributed by atoms with Gasteiger partial charge in [0.15, 0.2) is 0 Å². The van der Waals surface area contributed by atoms with Crippen molar-refractivity contribution in [1.29, 1.82) is 5.26 Å². The first-order chi connectivity index (χ1) is 17.9. The number of halogens is 1. The minimum atomic E-state index is -0.0678. The zero-order chi connectivity index (χ0) is 26.1. The smallest absolute Gasteiger partial charge is 0.258 e. The highest BCUT2D eigenvalue weighted by Gasteiger charge is 2.28. The number of carbonyl (C=O) groups is 1. The fraction of sp³-hybridized carbons (Fsp3) is 0.226. The molecule has 1 N–H and O–H groups in total. The molecule has 1 aliphatic rings. The van der Waals surface area contributed by atoms with Crippen molar-refractivity contribution >= 4 is 46.2 Å². The van der Waals surface area contributed by atoms with Crippen LogP contribution in [-0.4, -0.2) is 10.5 Å². The number of thiophene rings is 1. The van der Waals surface area contributed by atoms with Crippen LogP contribution in [0.5, 0.6) is 0 Å². The summed E-state index contributed by atoms with van der Waals surface area (Å²) in [5.41, 5.74) is 8.28. The highest BCUT2D eigenvalue weighted by atomic mass is 35.5. The zero-order valence-corrected chi connectivity index (χ0v) is 22.8. The molecule has 0 saturated heterocycles. The van der Waals surface area contributed by atoms with Crippen molar-refractivity contribution in [2.45, 2.75) is 46.5 Å². The minimum absolute atomic E-state index is 0.0678. The van der Waals surface area contributed by atoms with E-state index in [1.807, 2.05) is 49.4 Å². The Kier molecular flexibility index (Phi) is 7.06. The number of rotatable bonds is 5. The summed E-state index contributed by atoms with van der Waals surface area (Å²) in [7, 11) is 0. The molecule has 0 unspecified atom stereocenters. The van der Waals surface area contributed by atoms with Gasteiger partial charge in [0.25, 0.3) is 5.91 Å². The molecule has 4 nitrogen and oxygen atoms in total. The van der Waals surface area contributed by atoms with Crippen LogP contribution in [0.1, 0.15) is 61.7 Å². The molecular formula is C31H28ClN3OS. The van der Waals surface area contributed by atoms with Crippen LogP contribution in [0.4, 0.5) is 5.69 Å². The van der Waals surface area contributed by atoms with E-state index in [1.165, 1.54) is 10.4 Å². The molecule has 6 heteroatoms. The van der Waals surface area contributed by atoms with E-state index in [-0.39, 0.29) is 5.91 Å². The largest absolute Gasteiger partial charge is 0.322 e. The first-order valence-electron chi connectivity index (χ1n) is 12.5. The number of benzene rings is 2. The summed E-state index contributed by atoms with van der Waals surface area (Å²) in [6.45, 7) is 6.14. The predicted molar refractivity (Wildman–Crippen MR) is 154 cm³/mol. The SMILES string of the molecule is Cc1ccc(NC(=O)c2c(-n3c(C)cc(/C=C(/C#N)c4ccc(Cl)cc4)c3C)sc3c2CCCC3)cc1. The van der Waals surface area contributed by atoms with Gasteiger partial charge in [-0.2, -0.15) is 5.26 Å². The Labute approximate surface area is 226 Å². The third kappa shape index (κ3) is 5.00. The minimum Gasteiger partial charge on any atom is -0.322 e. The Bertz CT molecular complexity index is 1550. The van der Waals surface area contributed by atoms with Crippen LogP contribution >= 0.6 is 22.9 Å². The quantitative estimate of drug-likeness (QED) is 0.266. The van der Waals surface area contributed by atoms with E-state index in [0.717, 1.165) is 70.0 Å². The number of aryl methyl sites for hydroxylation is 3. The molecule has 5 rings (SSSR count). The van der Waals surface area contributed by atoms with E-state index in [0.29, 0.717) is 10.6 Å². The van der Waals surface area contributed by atoms with Crippen LogP contribution in [0.2, 0.25) is 5.02 Å². The second-order valence-corrected chi connectivity index (χ2v) is 11.1. The number of nitrogens with one attached hydrogen (secondary N) is 1. The Morgan fingerprint density at radius 1 is 1.05 bits per heavy atom. The first-order valence-corrected chi connectivity index (χ1v) is 13.6. The summed E-state index contributed by atoms with van der Waals surface area (Å²) in [5.74, 6) is -0.0678. The lowest BCUT2D eigenvalue weighted by molar-refractivity contribution is 0.102. The highest BCUT2D eigenvalue weighted by molar-refractivity contribution is 7.15. The Balaban J connectivity index is 1.59. The average molecular weight is 526 g/mol. The van der Waals surface area contributed by atoms with E-state index < -0.39 is 0 Å². The van der Waals surface area contributed by atoms with E-state index >= 15 is 0 Å². The van der Waals surface area contributed by atoms with Gasteiger partial charge in [0.1, 0.15) is 5.00 Å². The number of carbonyl (C=O) groups excluding carboxylic acids is 1. The third-order valence-corrected chi connectivity index (χ3v) is 8.47. The normalized spacial score (nSPS) is 13.2. The van der Waals surface area contributed by atoms with E-state index in [9.17, 15) is 10.1 Å². The molecule has 4 aromatic rings. The Morgan fingerprint density at radius 2 is 1.76 bits per heavy atom. The van der Waals surface area contributed by atoms with Crippen molar-refractivity contribution in [1.82, 2.24) is 4.57 Å². The lowest BCUT2D eigenvalue weighted by atomic mass is 9.95. The maximum Gasteiger partial charge on any atom is 0.258 e. The molecule has 2 aromatic heterocycles. The number of nitrogens with zero attached hydrogens (tertiary/aromatic N) is 2. The van der Waals surface area contributed by atoms with Crippen molar-refractivity contribution in [3.8, 4) is 11.1 Å². The number of nitriles is 1. The Hall–Kier alpha value is -3.59. The van der Waals surface area contributed by atoms with Gasteiger partial charge in [-0.3, -0.25) is 4.79 Å². The molecule has 0 saturated carbocycles. The summed E-state index contributed by atoms with van der Waals surface area (Å²) < 4.78 is 2.18. The molecule has 0 spiro atoms. The number of hydrogen-bond acceptors (Lipinski definition) is 3. The predicted octanol–water partition coefficient (Wildman–Crippen LogP) is 8.31. The fourth-order valence-corrected chi connectivity index (χ4v) is 6.61. The molecular weight excluding hydrogens is 498 g/mol. The van der Waals surface area contributed by atoms with Crippen LogP contribution in [0.3, 0.4) is 0 Å². The molecule has 2 aromatic carbocycles. The van der Waals surface area contributed by atoms with Crippen molar-refractivity contribution in [2.24, 2.45) is 0 Å². The number of allylic oxidation sites excluding steroid dienone is 1. The van der Waals surface area contributed by atoms with Crippen LogP contribution in [0.15, 0.2) is 54.6 Å². The number of amides is 1. The summed E-state index contributed by atoms with van der Waals surface area (Å²) in [6, 6.07) is 19.6. The first kappa shape index (κ1) is 25.1. The Morgan fingerprint density at radius 3 is 2.46 bits per heavy atom. The fourth-order valence-electron chi connectivity index (χ4n) is 4.98. The molecule has 0 aliphatic heterocycles. The lowest BCUT2D eigenvalue weighted by Gasteiger charge is -2.14. The standard InChI is InChI=1S/C31H28ClN3OS/c1-19-8-14-26(15-9-19)34-30(36)29-27-6-4-5-7-28(27)37-31(29)35-20(2)16-23(21(35)3)17-24(18-33)22-10-12-25(32)13-11-22/h8-17H,4-7H2,1-3H3,(H,34,36)/b24-17-. The van der Waals surface area contributed by atoms with Gasteiger partial charge in [-0.1, -0.05) is 41.4 Å². The van der Waals surface area contributed by atoms with Crippen molar-refractivity contribution in [3.05, 3.63) is 104 Å². The summed E-state index contributed by atoms with van der Waals surface area (Å²) >= 11 is 7.76. The van der Waals surface area contributed by atoms with Crippen LogP contribution in [0, 0.1) is 32.1 Å². The van der Waals surface area contributed by atoms with Gasteiger partial charge in [-0.05, 0) is 99.6 Å². The van der Waals surface area contributed by atoms with Crippen molar-refractivity contribution in [3.63, 3.8) is 0 Å². The van der Waals surface area contributed by atoms with E-state index in [2.05, 4.69) is 35.9 Å². The van der Waals surface area contributed by atoms with Gasteiger partial charge < -0.3 is 9.88 Å². The second-order valence-electron chi connectivity index (χ2n) is 9.55. The molecule has 0 atom stereocenters. The lowest BCUT2D eigenvalue weighted by Crippen LogP contribution is -2.17. The molecule has 2 heterocycles. The highest BCUT2D eigenvalue weighted by Crippen LogP contribution is 2.39. The maximum absolute atomic E-state index is 13.7.